The lowest BCUT2D eigenvalue weighted by molar-refractivity contribution is 0.783. The molecule has 0 amide bonds. The summed E-state index contributed by atoms with van der Waals surface area (Å²) in [6.45, 7) is 7.74. The normalized spacial score (nSPS) is 14.4. The van der Waals surface area contributed by atoms with Gasteiger partial charge in [0.15, 0.2) is 0 Å². The van der Waals surface area contributed by atoms with Crippen molar-refractivity contribution in [3.8, 4) is 0 Å². The van der Waals surface area contributed by atoms with Crippen molar-refractivity contribution in [2.24, 2.45) is 17.4 Å². The Morgan fingerprint density at radius 3 is 2.21 bits per heavy atom. The largest absolute Gasteiger partial charge is 0.329 e. The molecule has 0 aromatic rings. The highest BCUT2D eigenvalue weighted by Gasteiger charge is 2.00. The minimum Gasteiger partial charge on any atom is -0.329 e. The third kappa shape index (κ3) is 5.76. The molecule has 0 aromatic carbocycles. The van der Waals surface area contributed by atoms with E-state index in [0.717, 1.165) is 6.42 Å². The van der Waals surface area contributed by atoms with Crippen molar-refractivity contribution in [2.75, 3.05) is 13.1 Å². The second kappa shape index (κ2) is 7.57. The van der Waals surface area contributed by atoms with E-state index in [2.05, 4.69) is 38.7 Å². The van der Waals surface area contributed by atoms with Crippen LogP contribution in [0, 0.1) is 5.92 Å². The summed E-state index contributed by atoms with van der Waals surface area (Å²) in [5.74, 6) is 0.653. The van der Waals surface area contributed by atoms with Crippen molar-refractivity contribution in [1.82, 2.24) is 0 Å². The molecule has 0 radical (unpaired) electrons. The maximum atomic E-state index is 4.90. The Labute approximate surface area is 87.4 Å². The Morgan fingerprint density at radius 2 is 1.93 bits per heavy atom. The molecule has 0 heterocycles. The predicted molar refractivity (Wildman–Crippen MR) is 62.9 cm³/mol. The zero-order valence-electron chi connectivity index (χ0n) is 9.51. The van der Waals surface area contributed by atoms with Crippen LogP contribution in [0.4, 0.5) is 0 Å². The first-order valence-electron chi connectivity index (χ1n) is 5.14. The maximum Gasteiger partial charge on any atom is 0.00461 e. The van der Waals surface area contributed by atoms with Crippen LogP contribution in [0.2, 0.25) is 0 Å². The molecule has 0 saturated carbocycles. The molecule has 0 atom stereocenters. The van der Waals surface area contributed by atoms with E-state index in [1.54, 1.807) is 0 Å². The van der Waals surface area contributed by atoms with E-state index in [0.29, 0.717) is 19.0 Å². The highest BCUT2D eigenvalue weighted by molar-refractivity contribution is 5.27. The van der Waals surface area contributed by atoms with Crippen LogP contribution in [0.1, 0.15) is 27.2 Å². The average Bonchev–Trinajstić information content (AvgIpc) is 2.19. The lowest BCUT2D eigenvalue weighted by Gasteiger charge is -2.08. The molecule has 0 spiro atoms. The molecular formula is C12H22N2. The van der Waals surface area contributed by atoms with Gasteiger partial charge in [-0.1, -0.05) is 19.9 Å². The van der Waals surface area contributed by atoms with Crippen LogP contribution in [0.15, 0.2) is 29.0 Å². The van der Waals surface area contributed by atoms with Crippen LogP contribution in [-0.4, -0.2) is 13.1 Å². The van der Waals surface area contributed by atoms with Crippen molar-refractivity contribution in [1.29, 1.82) is 0 Å². The molecule has 0 bridgehead atoms. The molecule has 0 unspecified atom stereocenters. The molecule has 1 aliphatic carbocycles. The van der Waals surface area contributed by atoms with Gasteiger partial charge in [0.25, 0.3) is 0 Å². The summed E-state index contributed by atoms with van der Waals surface area (Å²) >= 11 is 0. The minimum atomic E-state index is 0.597. The van der Waals surface area contributed by atoms with E-state index in [4.69, 9.17) is 11.5 Å². The summed E-state index contributed by atoms with van der Waals surface area (Å²) in [6.07, 6.45) is 5.48. The van der Waals surface area contributed by atoms with E-state index in [-0.39, 0.29) is 0 Å². The summed E-state index contributed by atoms with van der Waals surface area (Å²) < 4.78 is 0. The molecule has 4 N–H and O–H groups in total. The molecule has 2 heteroatoms. The molecule has 1 aliphatic rings. The maximum absolute atomic E-state index is 4.90. The van der Waals surface area contributed by atoms with Gasteiger partial charge in [0.2, 0.25) is 0 Å². The number of nitrogens with two attached hydrogens (primary N) is 2. The summed E-state index contributed by atoms with van der Waals surface area (Å²) in [5.41, 5.74) is 15.8. The molecule has 0 saturated heterocycles. The first-order chi connectivity index (χ1) is 6.61. The van der Waals surface area contributed by atoms with Gasteiger partial charge in [0.1, 0.15) is 0 Å². The predicted octanol–water partition coefficient (Wildman–Crippen LogP) is 1.98. The van der Waals surface area contributed by atoms with E-state index in [9.17, 15) is 0 Å². The fourth-order valence-electron chi connectivity index (χ4n) is 0.998. The number of hydrogen-bond donors (Lipinski definition) is 2. The van der Waals surface area contributed by atoms with Crippen molar-refractivity contribution < 1.29 is 0 Å². The Hall–Kier alpha value is -0.820. The highest BCUT2D eigenvalue weighted by atomic mass is 14.6. The second-order valence-electron chi connectivity index (χ2n) is 3.71. The monoisotopic (exact) mass is 194 g/mol. The van der Waals surface area contributed by atoms with E-state index < -0.39 is 0 Å². The van der Waals surface area contributed by atoms with Gasteiger partial charge in [-0.2, -0.15) is 0 Å². The fraction of sp³-hybridized carbons (Fsp3) is 0.583. The van der Waals surface area contributed by atoms with Gasteiger partial charge >= 0.3 is 0 Å². The third-order valence-electron chi connectivity index (χ3n) is 1.96. The standard InChI is InChI=1S/C10H14.C2H8N2/c1-8(2)10-6-4-9(3)5-7-10;3-1-2-4/h6-8H,4H2,1-3H3;1-4H2. The van der Waals surface area contributed by atoms with Crippen molar-refractivity contribution >= 4 is 0 Å². The zero-order valence-corrected chi connectivity index (χ0v) is 9.51. The van der Waals surface area contributed by atoms with Crippen LogP contribution in [0.25, 0.3) is 0 Å². The summed E-state index contributed by atoms with van der Waals surface area (Å²) in [4.78, 5) is 0. The lowest BCUT2D eigenvalue weighted by atomic mass is 9.97. The molecule has 1 rings (SSSR count). The molecule has 0 aliphatic heterocycles. The molecule has 14 heavy (non-hydrogen) atoms. The number of allylic oxidation sites excluding steroid dienone is 3. The van der Waals surface area contributed by atoms with Crippen LogP contribution >= 0.6 is 0 Å². The zero-order chi connectivity index (χ0) is 11.0. The molecule has 0 fully saturated rings. The Kier molecular flexibility index (Phi) is 7.13. The van der Waals surface area contributed by atoms with Crippen molar-refractivity contribution in [3.63, 3.8) is 0 Å². The SMILES string of the molecule is CC1=C=CC(C(C)C)=CC1.NCCN. The Morgan fingerprint density at radius 1 is 1.36 bits per heavy atom. The van der Waals surface area contributed by atoms with E-state index in [1.165, 1.54) is 11.1 Å². The Balaban J connectivity index is 0.000000364. The van der Waals surface area contributed by atoms with Gasteiger partial charge < -0.3 is 11.5 Å². The van der Waals surface area contributed by atoms with Gasteiger partial charge in [-0.05, 0) is 36.5 Å². The molecule has 80 valence electrons. The number of hydrogen-bond acceptors (Lipinski definition) is 2. The van der Waals surface area contributed by atoms with Crippen LogP contribution in [0.3, 0.4) is 0 Å². The first-order valence-corrected chi connectivity index (χ1v) is 5.14. The van der Waals surface area contributed by atoms with Gasteiger partial charge in [0.05, 0.1) is 0 Å². The summed E-state index contributed by atoms with van der Waals surface area (Å²) in [7, 11) is 0. The molecule has 2 nitrogen and oxygen atoms in total. The summed E-state index contributed by atoms with van der Waals surface area (Å²) in [5, 5.41) is 0. The van der Waals surface area contributed by atoms with Crippen LogP contribution < -0.4 is 11.5 Å². The van der Waals surface area contributed by atoms with Crippen LogP contribution in [-0.2, 0) is 0 Å². The Bertz CT molecular complexity index is 241. The quantitative estimate of drug-likeness (QED) is 0.660. The summed E-state index contributed by atoms with van der Waals surface area (Å²) in [6, 6.07) is 0. The van der Waals surface area contributed by atoms with Gasteiger partial charge in [-0.3, -0.25) is 0 Å². The first kappa shape index (κ1) is 13.2. The van der Waals surface area contributed by atoms with Gasteiger partial charge in [-0.25, -0.2) is 0 Å². The lowest BCUT2D eigenvalue weighted by Crippen LogP contribution is -2.11. The smallest absolute Gasteiger partial charge is 0.00461 e. The van der Waals surface area contributed by atoms with Crippen molar-refractivity contribution in [2.45, 2.75) is 27.2 Å². The van der Waals surface area contributed by atoms with E-state index >= 15 is 0 Å². The second-order valence-corrected chi connectivity index (χ2v) is 3.71. The third-order valence-corrected chi connectivity index (χ3v) is 1.96. The molecule has 0 aromatic heterocycles. The average molecular weight is 194 g/mol. The van der Waals surface area contributed by atoms with E-state index in [1.807, 2.05) is 0 Å². The van der Waals surface area contributed by atoms with Crippen LogP contribution in [0.5, 0.6) is 0 Å². The fourth-order valence-corrected chi connectivity index (χ4v) is 0.998. The van der Waals surface area contributed by atoms with Gasteiger partial charge in [-0.15, -0.1) is 5.73 Å². The minimum absolute atomic E-state index is 0.597. The molecular weight excluding hydrogens is 172 g/mol. The van der Waals surface area contributed by atoms with Gasteiger partial charge in [0, 0.05) is 13.1 Å². The highest BCUT2D eigenvalue weighted by Crippen LogP contribution is 2.17. The number of rotatable bonds is 2. The topological polar surface area (TPSA) is 52.0 Å². The van der Waals surface area contributed by atoms with Crippen molar-refractivity contribution in [3.05, 3.63) is 29.0 Å².